The van der Waals surface area contributed by atoms with Gasteiger partial charge in [-0.05, 0) is 12.7 Å². The average molecular weight is 183 g/mol. The van der Waals surface area contributed by atoms with Crippen LogP contribution in [0.4, 0.5) is 4.79 Å². The third-order valence-corrected chi connectivity index (χ3v) is 0.995. The zero-order valence-electron chi connectivity index (χ0n) is 6.82. The Hall–Kier alpha value is -2.11. The van der Waals surface area contributed by atoms with E-state index in [1.807, 2.05) is 0 Å². The summed E-state index contributed by atoms with van der Waals surface area (Å²) in [6.45, 7) is 6.50. The van der Waals surface area contributed by atoms with E-state index in [9.17, 15) is 14.9 Å². The Labute approximate surface area is 74.6 Å². The van der Waals surface area contributed by atoms with Crippen molar-refractivity contribution >= 4 is 6.03 Å². The molecule has 0 aliphatic carbocycles. The van der Waals surface area contributed by atoms with Gasteiger partial charge in [0.15, 0.2) is 0 Å². The van der Waals surface area contributed by atoms with Crippen molar-refractivity contribution in [3.63, 3.8) is 0 Å². The number of hydrogen-bond donors (Lipinski definition) is 2. The summed E-state index contributed by atoms with van der Waals surface area (Å²) >= 11 is 0. The lowest BCUT2D eigenvalue weighted by Gasteiger charge is -1.97. The van der Waals surface area contributed by atoms with Crippen LogP contribution in [0.25, 0.3) is 0 Å². The van der Waals surface area contributed by atoms with Gasteiger partial charge in [-0.3, -0.25) is 10.1 Å². The smallest absolute Gasteiger partial charge is 0.316 e. The van der Waals surface area contributed by atoms with Gasteiger partial charge in [-0.1, -0.05) is 6.58 Å². The van der Waals surface area contributed by atoms with Crippen LogP contribution in [0.1, 0.15) is 0 Å². The molecule has 0 aromatic rings. The number of carbonyl (C=O) groups is 1. The number of amides is 2. The Morgan fingerprint density at radius 3 is 2.38 bits per heavy atom. The number of nitrogens with two attached hydrogens (primary N) is 1. The Morgan fingerprint density at radius 2 is 2.00 bits per heavy atom. The first kappa shape index (κ1) is 10.9. The molecule has 0 unspecified atom stereocenters. The predicted octanol–water partition coefficient (Wildman–Crippen LogP) is 0.515. The van der Waals surface area contributed by atoms with Crippen LogP contribution in [0.3, 0.4) is 0 Å². The Bertz CT molecular complexity index is 293. The van der Waals surface area contributed by atoms with Crippen molar-refractivity contribution in [2.75, 3.05) is 0 Å². The van der Waals surface area contributed by atoms with Crippen molar-refractivity contribution in [3.05, 3.63) is 46.8 Å². The zero-order chi connectivity index (χ0) is 10.4. The van der Waals surface area contributed by atoms with Crippen LogP contribution in [0, 0.1) is 10.1 Å². The molecule has 0 radical (unpaired) electrons. The first-order valence-corrected chi connectivity index (χ1v) is 3.20. The molecular weight excluding hydrogens is 174 g/mol. The normalized spacial score (nSPS) is 9.54. The topological polar surface area (TPSA) is 98.3 Å². The molecule has 0 bridgehead atoms. The Morgan fingerprint density at radius 1 is 1.46 bits per heavy atom. The van der Waals surface area contributed by atoms with Crippen LogP contribution in [0.5, 0.6) is 0 Å². The molecule has 0 aliphatic rings. The maximum Gasteiger partial charge on any atom is 0.316 e. The van der Waals surface area contributed by atoms with Crippen LogP contribution in [-0.2, 0) is 0 Å². The molecule has 0 aliphatic heterocycles. The summed E-state index contributed by atoms with van der Waals surface area (Å²) in [6, 6.07) is -0.777. The largest absolute Gasteiger partial charge is 0.351 e. The van der Waals surface area contributed by atoms with E-state index < -0.39 is 11.0 Å². The van der Waals surface area contributed by atoms with E-state index in [0.29, 0.717) is 0 Å². The van der Waals surface area contributed by atoms with Crippen LogP contribution in [0.2, 0.25) is 0 Å². The van der Waals surface area contributed by atoms with Gasteiger partial charge in [0.1, 0.15) is 0 Å². The number of allylic oxidation sites excluding steroid dienone is 2. The molecule has 13 heavy (non-hydrogen) atoms. The van der Waals surface area contributed by atoms with Gasteiger partial charge in [0.05, 0.1) is 4.92 Å². The summed E-state index contributed by atoms with van der Waals surface area (Å²) < 4.78 is 0. The number of hydrogen-bond acceptors (Lipinski definition) is 3. The summed E-state index contributed by atoms with van der Waals surface area (Å²) in [5, 5.41) is 12.2. The molecule has 0 aromatic heterocycles. The van der Waals surface area contributed by atoms with E-state index in [0.717, 1.165) is 6.08 Å². The fraction of sp³-hybridized carbons (Fsp3) is 0. The monoisotopic (exact) mass is 183 g/mol. The number of carbonyl (C=O) groups excluding carboxylic acids is 1. The summed E-state index contributed by atoms with van der Waals surface area (Å²) in [5.41, 5.74) is 4.62. The molecule has 0 heterocycles. The third-order valence-electron chi connectivity index (χ3n) is 0.995. The number of nitrogens with zero attached hydrogens (tertiary/aromatic N) is 1. The van der Waals surface area contributed by atoms with E-state index in [-0.39, 0.29) is 11.4 Å². The Kier molecular flexibility index (Phi) is 3.94. The van der Waals surface area contributed by atoms with E-state index in [4.69, 9.17) is 5.73 Å². The van der Waals surface area contributed by atoms with Gasteiger partial charge in [0.2, 0.25) is 0 Å². The molecule has 3 N–H and O–H groups in total. The van der Waals surface area contributed by atoms with E-state index >= 15 is 0 Å². The summed E-state index contributed by atoms with van der Waals surface area (Å²) in [5.74, 6) is 0. The summed E-state index contributed by atoms with van der Waals surface area (Å²) in [6.07, 6.45) is 2.34. The molecule has 0 rings (SSSR count). The van der Waals surface area contributed by atoms with Crippen molar-refractivity contribution in [3.8, 4) is 0 Å². The van der Waals surface area contributed by atoms with Crippen molar-refractivity contribution in [1.82, 2.24) is 5.32 Å². The van der Waals surface area contributed by atoms with Crippen molar-refractivity contribution < 1.29 is 9.72 Å². The first-order chi connectivity index (χ1) is 5.93. The highest BCUT2D eigenvalue weighted by molar-refractivity contribution is 5.74. The fourth-order valence-corrected chi connectivity index (χ4v) is 0.458. The van der Waals surface area contributed by atoms with Crippen molar-refractivity contribution in [2.45, 2.75) is 0 Å². The molecule has 0 saturated carbocycles. The van der Waals surface area contributed by atoms with E-state index in [1.54, 1.807) is 0 Å². The van der Waals surface area contributed by atoms with Gasteiger partial charge in [-0.15, -0.1) is 0 Å². The van der Waals surface area contributed by atoms with Gasteiger partial charge >= 0.3 is 6.03 Å². The lowest BCUT2D eigenvalue weighted by atomic mass is 10.3. The molecule has 6 heteroatoms. The quantitative estimate of drug-likeness (QED) is 0.377. The lowest BCUT2D eigenvalue weighted by Crippen LogP contribution is -2.27. The lowest BCUT2D eigenvalue weighted by molar-refractivity contribution is -0.418. The SMILES string of the molecule is C=C(/C=C\C(=C)[N+](=O)[O-])NC(N)=O. The van der Waals surface area contributed by atoms with Crippen LogP contribution < -0.4 is 11.1 Å². The van der Waals surface area contributed by atoms with E-state index in [2.05, 4.69) is 18.5 Å². The highest BCUT2D eigenvalue weighted by Gasteiger charge is 2.00. The molecule has 0 fully saturated rings. The molecular formula is C7H9N3O3. The second kappa shape index (κ2) is 4.70. The molecule has 0 spiro atoms. The molecule has 0 aromatic carbocycles. The van der Waals surface area contributed by atoms with Gasteiger partial charge in [-0.25, -0.2) is 4.79 Å². The standard InChI is InChI=1S/C7H9N3O3/c1-5(9-7(8)11)3-4-6(2)10(12)13/h3-4H,1-2H2,(H3,8,9,11)/b4-3-. The number of rotatable bonds is 4. The molecule has 2 amide bonds. The average Bonchev–Trinajstić information content (AvgIpc) is 1.98. The van der Waals surface area contributed by atoms with E-state index in [1.165, 1.54) is 6.08 Å². The Balaban J connectivity index is 4.13. The van der Waals surface area contributed by atoms with Crippen LogP contribution in [-0.4, -0.2) is 11.0 Å². The van der Waals surface area contributed by atoms with Crippen LogP contribution >= 0.6 is 0 Å². The molecule has 70 valence electrons. The van der Waals surface area contributed by atoms with Crippen molar-refractivity contribution in [1.29, 1.82) is 0 Å². The van der Waals surface area contributed by atoms with Gasteiger partial charge < -0.3 is 11.1 Å². The number of urea groups is 1. The number of primary amides is 1. The van der Waals surface area contributed by atoms with Gasteiger partial charge in [-0.2, -0.15) is 0 Å². The maximum atomic E-state index is 10.2. The maximum absolute atomic E-state index is 10.2. The minimum Gasteiger partial charge on any atom is -0.351 e. The van der Waals surface area contributed by atoms with Crippen LogP contribution in [0.15, 0.2) is 36.7 Å². The minimum absolute atomic E-state index is 0.163. The van der Waals surface area contributed by atoms with Gasteiger partial charge in [0, 0.05) is 11.8 Å². The second-order valence-corrected chi connectivity index (χ2v) is 2.10. The fourth-order valence-electron chi connectivity index (χ4n) is 0.458. The molecule has 6 nitrogen and oxygen atoms in total. The summed E-state index contributed by atoms with van der Waals surface area (Å²) in [7, 11) is 0. The highest BCUT2D eigenvalue weighted by Crippen LogP contribution is 1.95. The first-order valence-electron chi connectivity index (χ1n) is 3.20. The zero-order valence-corrected chi connectivity index (χ0v) is 6.82. The predicted molar refractivity (Wildman–Crippen MR) is 47.1 cm³/mol. The molecule has 0 atom stereocenters. The number of nitro groups is 1. The van der Waals surface area contributed by atoms with Crippen molar-refractivity contribution in [2.24, 2.45) is 5.73 Å². The molecule has 0 saturated heterocycles. The third kappa shape index (κ3) is 5.19. The highest BCUT2D eigenvalue weighted by atomic mass is 16.6. The van der Waals surface area contributed by atoms with Gasteiger partial charge in [0.25, 0.3) is 5.70 Å². The summed E-state index contributed by atoms with van der Waals surface area (Å²) in [4.78, 5) is 19.6. The second-order valence-electron chi connectivity index (χ2n) is 2.10. The number of nitrogens with one attached hydrogen (secondary N) is 1. The minimum atomic E-state index is -0.777.